The van der Waals surface area contributed by atoms with Gasteiger partial charge in [-0.15, -0.1) is 0 Å². The van der Waals surface area contributed by atoms with Crippen LogP contribution < -0.4 is 5.32 Å². The Morgan fingerprint density at radius 3 is 1.37 bits per heavy atom. The van der Waals surface area contributed by atoms with E-state index in [0.29, 0.717) is 80.5 Å². The van der Waals surface area contributed by atoms with Gasteiger partial charge in [-0.25, -0.2) is 16.8 Å². The molecule has 0 aromatic heterocycles. The largest absolute Gasteiger partial charge is 0.390 e. The zero-order chi connectivity index (χ0) is 48.3. The molecule has 0 unspecified atom stereocenters. The average molecular weight is 1040 g/mol. The van der Waals surface area contributed by atoms with Gasteiger partial charge < -0.3 is 15.5 Å². The molecule has 67 heavy (non-hydrogen) atoms. The molecular formula is C52H89BrN4O8S2. The van der Waals surface area contributed by atoms with Crippen LogP contribution in [0.3, 0.4) is 0 Å². The summed E-state index contributed by atoms with van der Waals surface area (Å²) in [6.07, 6.45) is 23.7. The smallest absolute Gasteiger partial charge is 0.211 e. The molecule has 2 aliphatic heterocycles. The van der Waals surface area contributed by atoms with Crippen molar-refractivity contribution in [3.8, 4) is 0 Å². The second kappa shape index (κ2) is 20.4. The normalized spacial score (nSPS) is 45.8. The van der Waals surface area contributed by atoms with Crippen molar-refractivity contribution in [1.29, 1.82) is 0 Å². The first-order valence-electron chi connectivity index (χ1n) is 26.8. The van der Waals surface area contributed by atoms with Gasteiger partial charge in [0.15, 0.2) is 0 Å². The molecule has 0 aromatic carbocycles. The number of nitrogens with zero attached hydrogens (tertiary/aromatic N) is 3. The van der Waals surface area contributed by atoms with Crippen molar-refractivity contribution in [3.63, 3.8) is 0 Å². The lowest BCUT2D eigenvalue weighted by atomic mass is 9.49. The van der Waals surface area contributed by atoms with E-state index >= 15 is 0 Å². The summed E-state index contributed by atoms with van der Waals surface area (Å²) in [5, 5.41) is 24.7. The van der Waals surface area contributed by atoms with E-state index in [1.807, 2.05) is 13.8 Å². The summed E-state index contributed by atoms with van der Waals surface area (Å²) in [7, 11) is -6.07. The van der Waals surface area contributed by atoms with Gasteiger partial charge in [-0.05, 0) is 199 Å². The van der Waals surface area contributed by atoms with Crippen LogP contribution in [0.15, 0.2) is 0 Å². The number of halogens is 1. The van der Waals surface area contributed by atoms with Crippen molar-refractivity contribution in [2.45, 2.75) is 154 Å². The first-order valence-corrected chi connectivity index (χ1v) is 31.7. The number of piperazine rings is 2. The molecule has 10 fully saturated rings. The number of carbonyl (C=O) groups is 2. The monoisotopic (exact) mass is 1040 g/mol. The summed E-state index contributed by atoms with van der Waals surface area (Å²) >= 11 is 3.42. The van der Waals surface area contributed by atoms with Crippen LogP contribution in [0.2, 0.25) is 0 Å². The number of hydrogen-bond acceptors (Lipinski definition) is 10. The van der Waals surface area contributed by atoms with Crippen LogP contribution in [-0.2, 0) is 29.6 Å². The van der Waals surface area contributed by atoms with Gasteiger partial charge in [-0.2, -0.15) is 8.61 Å². The number of nitrogens with one attached hydrogen (secondary N) is 1. The molecule has 0 bridgehead atoms. The van der Waals surface area contributed by atoms with Crippen LogP contribution >= 0.6 is 15.9 Å². The summed E-state index contributed by atoms with van der Waals surface area (Å²) in [4.78, 5) is 28.1. The van der Waals surface area contributed by atoms with Crippen LogP contribution in [0.5, 0.6) is 0 Å². The number of aliphatic hydroxyl groups is 2. The SMILES string of the molecule is CS(=O)(=O)N1CCNCC1.C[C@@]1(O)CC[C@H]2[C@H](CC[C@@H]3[C@@H]2CC[C@]2(C)[C@@H](C(=O)CBr)CC[C@@H]32)C1.C[C@@]1(O)CC[C@H]2[C@H](CC[C@@H]3[C@@H]2CC[C@]2(C)[C@@H](C(=O)CN4CCN(S(C)(=O)=O)CC4)CC[C@@H]32)C1. The lowest BCUT2D eigenvalue weighted by Gasteiger charge is -2.57. The van der Waals surface area contributed by atoms with Crippen molar-refractivity contribution < 1.29 is 36.6 Å². The van der Waals surface area contributed by atoms with Gasteiger partial charge in [0.2, 0.25) is 20.0 Å². The maximum Gasteiger partial charge on any atom is 0.211 e. The molecule has 0 amide bonds. The lowest BCUT2D eigenvalue weighted by molar-refractivity contribution is -0.133. The number of sulfonamides is 2. The number of hydrogen-bond donors (Lipinski definition) is 3. The fraction of sp³-hybridized carbons (Fsp3) is 0.962. The maximum absolute atomic E-state index is 13.5. The fourth-order valence-electron chi connectivity index (χ4n) is 17.8. The third kappa shape index (κ3) is 11.2. The number of rotatable bonds is 7. The van der Waals surface area contributed by atoms with Crippen LogP contribution in [-0.4, -0.2) is 140 Å². The fourth-order valence-corrected chi connectivity index (χ4v) is 19.9. The van der Waals surface area contributed by atoms with Crippen LogP contribution in [0.4, 0.5) is 0 Å². The highest BCUT2D eigenvalue weighted by atomic mass is 79.9. The summed E-state index contributed by atoms with van der Waals surface area (Å²) in [5.74, 6) is 9.13. The topological polar surface area (TPSA) is 165 Å². The number of fused-ring (bicyclic) bond motifs is 10. The average Bonchev–Trinajstić information content (AvgIpc) is 3.82. The van der Waals surface area contributed by atoms with Crippen molar-refractivity contribution in [1.82, 2.24) is 18.8 Å². The summed E-state index contributed by atoms with van der Waals surface area (Å²) < 4.78 is 48.4. The number of carbonyl (C=O) groups excluding carboxylic acids is 2. The molecule has 2 heterocycles. The van der Waals surface area contributed by atoms with Crippen molar-refractivity contribution in [3.05, 3.63) is 0 Å². The summed E-state index contributed by atoms with van der Waals surface area (Å²) in [6.45, 7) is 14.5. The van der Waals surface area contributed by atoms with Gasteiger partial charge in [0.25, 0.3) is 0 Å². The second-order valence-corrected chi connectivity index (χ2v) is 29.6. The Morgan fingerprint density at radius 1 is 0.537 bits per heavy atom. The van der Waals surface area contributed by atoms with Gasteiger partial charge in [0, 0.05) is 64.2 Å². The standard InChI is InChI=1S/C26H44N2O4S.C21H33BrO2.C5H12N2O2S/c1-25(30)10-8-19-18(16-25)4-5-21-20(19)9-11-26(2)22(21)6-7-23(26)24(29)17-27-12-14-28(15-13-27)33(3,31)32;1-20(24)9-7-14-13(11-20)3-4-16-15(14)8-10-21(2)17(16)5-6-18(21)19(23)12-22;1-10(8,9)7-4-2-6-3-5-7/h18-23,30H,4-17H2,1-3H3;13-18,24H,3-12H2,1-2H3;6H,2-5H2,1H3/t18-,19+,20-,21-,22+,23-,25-,26+;13-,14+,15-,16-,17+,18-,20-,21+;/m11./s1. The van der Waals surface area contributed by atoms with Crippen molar-refractivity contribution in [2.75, 3.05) is 76.7 Å². The van der Waals surface area contributed by atoms with Crippen LogP contribution in [0, 0.1) is 81.8 Å². The van der Waals surface area contributed by atoms with Gasteiger partial charge in [0.05, 0.1) is 35.6 Å². The molecule has 10 aliphatic rings. The third-order valence-corrected chi connectivity index (χ3v) is 24.3. The lowest BCUT2D eigenvalue weighted by Crippen LogP contribution is -2.52. The van der Waals surface area contributed by atoms with E-state index in [1.165, 1.54) is 98.2 Å². The molecule has 3 N–H and O–H groups in total. The predicted octanol–water partition coefficient (Wildman–Crippen LogP) is 6.97. The van der Waals surface area contributed by atoms with Crippen molar-refractivity contribution >= 4 is 47.5 Å². The van der Waals surface area contributed by atoms with Gasteiger partial charge in [0.1, 0.15) is 11.6 Å². The van der Waals surface area contributed by atoms with E-state index in [1.54, 1.807) is 0 Å². The third-order valence-electron chi connectivity index (χ3n) is 21.1. The Bertz CT molecular complexity index is 1990. The van der Waals surface area contributed by atoms with E-state index in [9.17, 15) is 36.6 Å². The molecule has 10 rings (SSSR count). The first kappa shape index (κ1) is 52.8. The van der Waals surface area contributed by atoms with Crippen molar-refractivity contribution in [2.24, 2.45) is 81.8 Å². The highest BCUT2D eigenvalue weighted by molar-refractivity contribution is 9.09. The maximum atomic E-state index is 13.5. The van der Waals surface area contributed by atoms with Gasteiger partial charge in [-0.3, -0.25) is 14.5 Å². The molecule has 16 atom stereocenters. The minimum Gasteiger partial charge on any atom is -0.390 e. The zero-order valence-electron chi connectivity index (χ0n) is 42.1. The Morgan fingerprint density at radius 2 is 0.955 bits per heavy atom. The predicted molar refractivity (Wildman–Crippen MR) is 268 cm³/mol. The quantitative estimate of drug-likeness (QED) is 0.227. The van der Waals surface area contributed by atoms with Gasteiger partial charge in [-0.1, -0.05) is 29.8 Å². The number of ketones is 2. The Kier molecular flexibility index (Phi) is 16.1. The van der Waals surface area contributed by atoms with E-state index in [-0.39, 0.29) is 16.7 Å². The Labute approximate surface area is 413 Å². The molecule has 2 saturated heterocycles. The molecule has 15 heteroatoms. The van der Waals surface area contributed by atoms with E-state index in [0.717, 1.165) is 99.0 Å². The van der Waals surface area contributed by atoms with E-state index < -0.39 is 31.2 Å². The Balaban J connectivity index is 0.000000156. The number of Topliss-reactive ketones (excluding diaryl/α,β-unsaturated/α-hetero) is 2. The number of alkyl halides is 1. The molecular weight excluding hydrogens is 953 g/mol. The van der Waals surface area contributed by atoms with Crippen LogP contribution in [0.1, 0.15) is 143 Å². The molecule has 12 nitrogen and oxygen atoms in total. The zero-order valence-corrected chi connectivity index (χ0v) is 45.3. The highest BCUT2D eigenvalue weighted by Crippen LogP contribution is 2.66. The van der Waals surface area contributed by atoms with E-state index in [2.05, 4.69) is 40.0 Å². The van der Waals surface area contributed by atoms with E-state index in [4.69, 9.17) is 0 Å². The minimum atomic E-state index is -3.14. The first-order chi connectivity index (χ1) is 31.4. The molecule has 0 aromatic rings. The Hall–Kier alpha value is -0.520. The molecule has 0 spiro atoms. The molecule has 0 radical (unpaired) electrons. The summed E-state index contributed by atoms with van der Waals surface area (Å²) in [6, 6.07) is 0. The summed E-state index contributed by atoms with van der Waals surface area (Å²) in [5.41, 5.74) is -0.481. The molecule has 8 aliphatic carbocycles. The molecule has 384 valence electrons. The van der Waals surface area contributed by atoms with Crippen LogP contribution in [0.25, 0.3) is 0 Å². The second-order valence-electron chi connectivity index (χ2n) is 25.1. The highest BCUT2D eigenvalue weighted by Gasteiger charge is 2.60. The van der Waals surface area contributed by atoms with Gasteiger partial charge >= 0.3 is 0 Å². The molecule has 8 saturated carbocycles. The minimum absolute atomic E-state index is 0.139.